The maximum Gasteiger partial charge on any atom is 0.254 e. The number of fused-ring (bicyclic) bond motifs is 3. The highest BCUT2D eigenvalue weighted by Gasteiger charge is 2.57. The van der Waals surface area contributed by atoms with Crippen molar-refractivity contribution in [1.29, 1.82) is 0 Å². The highest BCUT2D eigenvalue weighted by atomic mass is 16.5. The zero-order valence-corrected chi connectivity index (χ0v) is 15.4. The molecule has 0 saturated carbocycles. The minimum atomic E-state index is -0.228. The predicted octanol–water partition coefficient (Wildman–Crippen LogP) is 3.32. The van der Waals surface area contributed by atoms with E-state index in [1.165, 1.54) is 5.56 Å². The Morgan fingerprint density at radius 2 is 1.96 bits per heavy atom. The molecule has 5 rings (SSSR count). The fourth-order valence-electron chi connectivity index (χ4n) is 5.56. The molecule has 2 fully saturated rings. The fraction of sp³-hybridized carbons (Fsp3) is 0.435. The third-order valence-corrected chi connectivity index (χ3v) is 6.81. The molecule has 4 nitrogen and oxygen atoms in total. The van der Waals surface area contributed by atoms with Crippen LogP contribution < -0.4 is 0 Å². The van der Waals surface area contributed by atoms with Crippen LogP contribution in [0.3, 0.4) is 0 Å². The van der Waals surface area contributed by atoms with E-state index in [9.17, 15) is 9.90 Å². The second-order valence-corrected chi connectivity index (χ2v) is 8.28. The highest BCUT2D eigenvalue weighted by molar-refractivity contribution is 5.97. The summed E-state index contributed by atoms with van der Waals surface area (Å²) >= 11 is 0. The number of rotatable bonds is 4. The van der Waals surface area contributed by atoms with E-state index in [0.717, 1.165) is 42.4 Å². The van der Waals surface area contributed by atoms with E-state index in [2.05, 4.69) is 17.0 Å². The summed E-state index contributed by atoms with van der Waals surface area (Å²) < 4.78 is 5.57. The molecule has 3 heterocycles. The van der Waals surface area contributed by atoms with Gasteiger partial charge in [-0.3, -0.25) is 4.79 Å². The Morgan fingerprint density at radius 3 is 2.78 bits per heavy atom. The number of aliphatic hydroxyl groups is 1. The minimum Gasteiger partial charge on any atom is -0.396 e. The SMILES string of the molecule is O=C(c1cccc2c1COC2)N1[C@@H]2CC[C@H]1[C@](CO)(Cc1ccccc1)C2. The average Bonchev–Trinajstić information content (AvgIpc) is 3.41. The van der Waals surface area contributed by atoms with E-state index >= 15 is 0 Å². The summed E-state index contributed by atoms with van der Waals surface area (Å²) in [4.78, 5) is 15.6. The highest BCUT2D eigenvalue weighted by Crippen LogP contribution is 2.52. The van der Waals surface area contributed by atoms with E-state index in [1.54, 1.807) is 0 Å². The first-order valence-electron chi connectivity index (χ1n) is 9.88. The monoisotopic (exact) mass is 363 g/mol. The van der Waals surface area contributed by atoms with Crippen molar-refractivity contribution in [2.45, 2.75) is 51.0 Å². The lowest BCUT2D eigenvalue weighted by Gasteiger charge is -2.36. The standard InChI is InChI=1S/C23H25NO3/c25-15-23(11-16-5-2-1-3-6-16)12-18-9-10-21(23)24(18)22(26)19-8-4-7-17-13-27-14-20(17)19/h1-8,18,21,25H,9-15H2/t18-,21+,23-/m1/s1. The number of nitrogens with zero attached hydrogens (tertiary/aromatic N) is 1. The minimum absolute atomic E-state index is 0.110. The number of aliphatic hydroxyl groups excluding tert-OH is 1. The summed E-state index contributed by atoms with van der Waals surface area (Å²) in [6.07, 6.45) is 3.74. The van der Waals surface area contributed by atoms with Crippen molar-refractivity contribution >= 4 is 5.91 Å². The first-order chi connectivity index (χ1) is 13.2. The van der Waals surface area contributed by atoms with Crippen molar-refractivity contribution in [3.05, 3.63) is 70.8 Å². The molecule has 2 bridgehead atoms. The molecule has 3 aliphatic rings. The molecule has 0 spiro atoms. The molecule has 0 aliphatic carbocycles. The van der Waals surface area contributed by atoms with Gasteiger partial charge in [-0.05, 0) is 48.4 Å². The topological polar surface area (TPSA) is 49.8 Å². The second-order valence-electron chi connectivity index (χ2n) is 8.28. The molecule has 0 radical (unpaired) electrons. The average molecular weight is 363 g/mol. The number of hydrogen-bond donors (Lipinski definition) is 1. The summed E-state index contributed by atoms with van der Waals surface area (Å²) in [5.41, 5.74) is 3.97. The number of carbonyl (C=O) groups is 1. The van der Waals surface area contributed by atoms with Crippen LogP contribution in [0.5, 0.6) is 0 Å². The normalized spacial score (nSPS) is 28.6. The third kappa shape index (κ3) is 2.62. The summed E-state index contributed by atoms with van der Waals surface area (Å²) in [5, 5.41) is 10.4. The van der Waals surface area contributed by atoms with Crippen LogP contribution in [0.25, 0.3) is 0 Å². The van der Waals surface area contributed by atoms with E-state index in [1.807, 2.05) is 36.4 Å². The molecule has 2 saturated heterocycles. The fourth-order valence-corrected chi connectivity index (χ4v) is 5.56. The van der Waals surface area contributed by atoms with Crippen molar-refractivity contribution in [3.8, 4) is 0 Å². The van der Waals surface area contributed by atoms with E-state index in [0.29, 0.717) is 13.2 Å². The maximum absolute atomic E-state index is 13.5. The molecule has 0 unspecified atom stereocenters. The molecule has 0 aromatic heterocycles. The molecule has 4 heteroatoms. The van der Waals surface area contributed by atoms with Crippen molar-refractivity contribution in [2.24, 2.45) is 5.41 Å². The molecular formula is C23H25NO3. The van der Waals surface area contributed by atoms with Crippen molar-refractivity contribution in [1.82, 2.24) is 4.90 Å². The molecule has 140 valence electrons. The van der Waals surface area contributed by atoms with Crippen LogP contribution in [-0.4, -0.2) is 34.6 Å². The molecule has 3 atom stereocenters. The lowest BCUT2D eigenvalue weighted by molar-refractivity contribution is 0.0568. The van der Waals surface area contributed by atoms with E-state index in [-0.39, 0.29) is 30.0 Å². The van der Waals surface area contributed by atoms with Crippen LogP contribution in [-0.2, 0) is 24.4 Å². The zero-order valence-electron chi connectivity index (χ0n) is 15.4. The Morgan fingerprint density at radius 1 is 1.11 bits per heavy atom. The van der Waals surface area contributed by atoms with E-state index < -0.39 is 0 Å². The number of carbonyl (C=O) groups excluding carboxylic acids is 1. The van der Waals surface area contributed by atoms with Crippen LogP contribution in [0.4, 0.5) is 0 Å². The Hall–Kier alpha value is -2.17. The smallest absolute Gasteiger partial charge is 0.254 e. The number of ether oxygens (including phenoxy) is 1. The van der Waals surface area contributed by atoms with Gasteiger partial charge in [-0.2, -0.15) is 0 Å². The van der Waals surface area contributed by atoms with Gasteiger partial charge in [0.15, 0.2) is 0 Å². The second kappa shape index (κ2) is 6.47. The molecule has 2 aromatic rings. The summed E-state index contributed by atoms with van der Waals surface area (Å²) in [6, 6.07) is 16.6. The molecule has 1 N–H and O–H groups in total. The molecule has 2 aromatic carbocycles. The quantitative estimate of drug-likeness (QED) is 0.907. The third-order valence-electron chi connectivity index (χ3n) is 6.81. The summed E-state index contributed by atoms with van der Waals surface area (Å²) in [5.74, 6) is 0.119. The Bertz CT molecular complexity index is 865. The van der Waals surface area contributed by atoms with Crippen LogP contribution in [0, 0.1) is 5.41 Å². The van der Waals surface area contributed by atoms with Crippen LogP contribution in [0.1, 0.15) is 46.3 Å². The lowest BCUT2D eigenvalue weighted by Crippen LogP contribution is -2.44. The van der Waals surface area contributed by atoms with Gasteiger partial charge >= 0.3 is 0 Å². The van der Waals surface area contributed by atoms with Crippen molar-refractivity contribution in [3.63, 3.8) is 0 Å². The predicted molar refractivity (Wildman–Crippen MR) is 102 cm³/mol. The van der Waals surface area contributed by atoms with Gasteiger partial charge in [0, 0.05) is 23.1 Å². The first kappa shape index (κ1) is 17.0. The summed E-state index contributed by atoms with van der Waals surface area (Å²) in [6.45, 7) is 1.25. The number of benzene rings is 2. The summed E-state index contributed by atoms with van der Waals surface area (Å²) in [7, 11) is 0. The Labute approximate surface area is 159 Å². The molecular weight excluding hydrogens is 338 g/mol. The largest absolute Gasteiger partial charge is 0.396 e. The van der Waals surface area contributed by atoms with Crippen molar-refractivity contribution in [2.75, 3.05) is 6.61 Å². The Kier molecular flexibility index (Phi) is 4.06. The number of hydrogen-bond acceptors (Lipinski definition) is 3. The number of amides is 1. The van der Waals surface area contributed by atoms with E-state index in [4.69, 9.17) is 4.74 Å². The van der Waals surface area contributed by atoms with Gasteiger partial charge in [-0.15, -0.1) is 0 Å². The van der Waals surface area contributed by atoms with Gasteiger partial charge in [-0.25, -0.2) is 0 Å². The van der Waals surface area contributed by atoms with Crippen LogP contribution >= 0.6 is 0 Å². The zero-order chi connectivity index (χ0) is 18.4. The van der Waals surface area contributed by atoms with Crippen LogP contribution in [0.15, 0.2) is 48.5 Å². The Balaban J connectivity index is 1.46. The van der Waals surface area contributed by atoms with Gasteiger partial charge in [0.2, 0.25) is 0 Å². The molecule has 3 aliphatic heterocycles. The van der Waals surface area contributed by atoms with Gasteiger partial charge in [0.1, 0.15) is 0 Å². The van der Waals surface area contributed by atoms with Gasteiger partial charge in [-0.1, -0.05) is 42.5 Å². The van der Waals surface area contributed by atoms with Gasteiger partial charge < -0.3 is 14.7 Å². The van der Waals surface area contributed by atoms with Crippen LogP contribution in [0.2, 0.25) is 0 Å². The maximum atomic E-state index is 13.5. The molecule has 27 heavy (non-hydrogen) atoms. The lowest BCUT2D eigenvalue weighted by atomic mass is 9.70. The molecule has 1 amide bonds. The van der Waals surface area contributed by atoms with Crippen molar-refractivity contribution < 1.29 is 14.6 Å². The van der Waals surface area contributed by atoms with Gasteiger partial charge in [0.05, 0.1) is 19.8 Å². The van der Waals surface area contributed by atoms with Gasteiger partial charge in [0.25, 0.3) is 5.91 Å². The first-order valence-corrected chi connectivity index (χ1v) is 9.88.